The summed E-state index contributed by atoms with van der Waals surface area (Å²) in [5.41, 5.74) is 0. The summed E-state index contributed by atoms with van der Waals surface area (Å²) in [6, 6.07) is 4.79. The molecule has 0 aromatic heterocycles. The summed E-state index contributed by atoms with van der Waals surface area (Å²) in [6.45, 7) is 1.68. The maximum atomic E-state index is 12.5. The molecule has 1 saturated heterocycles. The van der Waals surface area contributed by atoms with Crippen LogP contribution in [0, 0.1) is 0 Å². The van der Waals surface area contributed by atoms with E-state index in [1.165, 1.54) is 30.0 Å². The Morgan fingerprint density at radius 1 is 1.53 bits per heavy atom. The van der Waals surface area contributed by atoms with Gasteiger partial charge in [-0.1, -0.05) is 17.7 Å². The Kier molecular flexibility index (Phi) is 4.10. The van der Waals surface area contributed by atoms with Crippen molar-refractivity contribution in [1.29, 1.82) is 0 Å². The summed E-state index contributed by atoms with van der Waals surface area (Å²) in [6.07, 6.45) is 0. The zero-order valence-corrected chi connectivity index (χ0v) is 12.4. The van der Waals surface area contributed by atoms with Gasteiger partial charge in [0, 0.05) is 10.8 Å². The van der Waals surface area contributed by atoms with Crippen LogP contribution in [0.1, 0.15) is 6.92 Å². The van der Waals surface area contributed by atoms with Crippen molar-refractivity contribution in [2.75, 3.05) is 5.75 Å². The van der Waals surface area contributed by atoms with Gasteiger partial charge in [-0.05, 0) is 25.1 Å². The highest BCUT2D eigenvalue weighted by molar-refractivity contribution is 8.01. The van der Waals surface area contributed by atoms with Crippen molar-refractivity contribution >= 4 is 39.4 Å². The van der Waals surface area contributed by atoms with Crippen molar-refractivity contribution in [3.8, 4) is 0 Å². The lowest BCUT2D eigenvalue weighted by molar-refractivity contribution is -0.140. The van der Waals surface area contributed by atoms with Crippen molar-refractivity contribution < 1.29 is 18.3 Å². The van der Waals surface area contributed by atoms with Crippen molar-refractivity contribution in [2.24, 2.45) is 0 Å². The Balaban J connectivity index is 2.46. The Morgan fingerprint density at radius 3 is 2.79 bits per heavy atom. The van der Waals surface area contributed by atoms with Crippen molar-refractivity contribution in [2.45, 2.75) is 23.2 Å². The van der Waals surface area contributed by atoms with Gasteiger partial charge in [0.1, 0.15) is 6.04 Å². The molecule has 8 heteroatoms. The van der Waals surface area contributed by atoms with Gasteiger partial charge < -0.3 is 5.11 Å². The molecule has 2 rings (SSSR count). The van der Waals surface area contributed by atoms with Gasteiger partial charge in [0.05, 0.1) is 10.3 Å². The molecular weight excluding hydrogens is 310 g/mol. The zero-order chi connectivity index (χ0) is 14.2. The standard InChI is InChI=1S/C11H12ClNO4S2/c1-7-13(10(6-18-7)11(14)15)19(16,17)9-4-2-3-8(12)5-9/h2-5,7,10H,6H2,1H3,(H,14,15). The maximum absolute atomic E-state index is 12.5. The van der Waals surface area contributed by atoms with Crippen molar-refractivity contribution in [3.05, 3.63) is 29.3 Å². The van der Waals surface area contributed by atoms with E-state index in [1.54, 1.807) is 13.0 Å². The summed E-state index contributed by atoms with van der Waals surface area (Å²) in [5.74, 6) is -0.890. The fourth-order valence-electron chi connectivity index (χ4n) is 1.92. The van der Waals surface area contributed by atoms with Gasteiger partial charge in [-0.2, -0.15) is 4.31 Å². The predicted octanol–water partition coefficient (Wildman–Crippen LogP) is 1.88. The highest BCUT2D eigenvalue weighted by Crippen LogP contribution is 2.34. The van der Waals surface area contributed by atoms with Crippen LogP contribution in [0.4, 0.5) is 0 Å². The first-order chi connectivity index (χ1) is 8.84. The van der Waals surface area contributed by atoms with E-state index < -0.39 is 27.4 Å². The summed E-state index contributed by atoms with van der Waals surface area (Å²) in [5, 5.41) is 9.01. The lowest BCUT2D eigenvalue weighted by atomic mass is 10.3. The molecule has 1 fully saturated rings. The molecule has 0 bridgehead atoms. The highest BCUT2D eigenvalue weighted by Gasteiger charge is 2.44. The molecule has 1 aliphatic heterocycles. The number of nitrogens with zero attached hydrogens (tertiary/aromatic N) is 1. The number of thioether (sulfide) groups is 1. The average Bonchev–Trinajstić information content (AvgIpc) is 2.72. The number of carboxylic acids is 1. The van der Waals surface area contributed by atoms with Gasteiger partial charge in [-0.15, -0.1) is 11.8 Å². The second-order valence-electron chi connectivity index (χ2n) is 4.08. The third-order valence-electron chi connectivity index (χ3n) is 2.82. The molecule has 2 unspecified atom stereocenters. The second kappa shape index (κ2) is 5.32. The van der Waals surface area contributed by atoms with Gasteiger partial charge >= 0.3 is 5.97 Å². The maximum Gasteiger partial charge on any atom is 0.322 e. The first-order valence-electron chi connectivity index (χ1n) is 5.47. The molecule has 19 heavy (non-hydrogen) atoms. The summed E-state index contributed by atoms with van der Waals surface area (Å²) >= 11 is 7.09. The first-order valence-corrected chi connectivity index (χ1v) is 8.34. The molecule has 2 atom stereocenters. The number of aliphatic carboxylic acids is 1. The lowest BCUT2D eigenvalue weighted by Gasteiger charge is -2.24. The molecule has 0 radical (unpaired) electrons. The number of rotatable bonds is 3. The van der Waals surface area contributed by atoms with Crippen molar-refractivity contribution in [3.63, 3.8) is 0 Å². The molecule has 1 aromatic carbocycles. The zero-order valence-electron chi connectivity index (χ0n) is 9.98. The minimum Gasteiger partial charge on any atom is -0.480 e. The molecule has 1 aromatic rings. The summed E-state index contributed by atoms with van der Waals surface area (Å²) < 4.78 is 26.0. The van der Waals surface area contributed by atoms with Gasteiger partial charge in [0.2, 0.25) is 10.0 Å². The van der Waals surface area contributed by atoms with Crippen LogP contribution >= 0.6 is 23.4 Å². The van der Waals surface area contributed by atoms with E-state index in [-0.39, 0.29) is 10.6 Å². The third-order valence-corrected chi connectivity index (χ3v) is 6.38. The van der Waals surface area contributed by atoms with Crippen LogP contribution in [0.25, 0.3) is 0 Å². The van der Waals surface area contributed by atoms with Crippen LogP contribution in [-0.4, -0.2) is 41.0 Å². The highest BCUT2D eigenvalue weighted by atomic mass is 35.5. The summed E-state index contributed by atoms with van der Waals surface area (Å²) in [7, 11) is -3.86. The Bertz CT molecular complexity index is 604. The average molecular weight is 322 g/mol. The minimum atomic E-state index is -3.86. The van der Waals surface area contributed by atoms with Gasteiger partial charge in [-0.3, -0.25) is 4.79 Å². The fourth-order valence-corrected chi connectivity index (χ4v) is 5.51. The molecule has 1 heterocycles. The van der Waals surface area contributed by atoms with E-state index in [2.05, 4.69) is 0 Å². The van der Waals surface area contributed by atoms with Crippen LogP contribution in [0.5, 0.6) is 0 Å². The number of carboxylic acid groups (broad SMARTS) is 1. The molecule has 104 valence electrons. The molecule has 0 amide bonds. The molecule has 1 aliphatic rings. The van der Waals surface area contributed by atoms with Crippen LogP contribution in [0.3, 0.4) is 0 Å². The van der Waals surface area contributed by atoms with E-state index >= 15 is 0 Å². The second-order valence-corrected chi connectivity index (χ2v) is 7.71. The molecule has 0 aliphatic carbocycles. The Morgan fingerprint density at radius 2 is 2.21 bits per heavy atom. The monoisotopic (exact) mass is 321 g/mol. The number of hydrogen-bond donors (Lipinski definition) is 1. The fraction of sp³-hybridized carbons (Fsp3) is 0.364. The largest absolute Gasteiger partial charge is 0.480 e. The van der Waals surface area contributed by atoms with E-state index in [1.807, 2.05) is 0 Å². The number of sulfonamides is 1. The lowest BCUT2D eigenvalue weighted by Crippen LogP contribution is -2.44. The normalized spacial score (nSPS) is 24.5. The van der Waals surface area contributed by atoms with E-state index in [4.69, 9.17) is 16.7 Å². The third kappa shape index (κ3) is 2.74. The molecule has 0 saturated carbocycles. The van der Waals surface area contributed by atoms with Crippen molar-refractivity contribution in [1.82, 2.24) is 4.31 Å². The SMILES string of the molecule is CC1SCC(C(=O)O)N1S(=O)(=O)c1cccc(Cl)c1. The van der Waals surface area contributed by atoms with Gasteiger partial charge in [0.15, 0.2) is 0 Å². The van der Waals surface area contributed by atoms with E-state index in [9.17, 15) is 13.2 Å². The first kappa shape index (κ1) is 14.6. The number of halogens is 1. The summed E-state index contributed by atoms with van der Waals surface area (Å²) in [4.78, 5) is 11.2. The Labute approximate surface area is 120 Å². The predicted molar refractivity (Wildman–Crippen MR) is 73.8 cm³/mol. The van der Waals surface area contributed by atoms with Crippen LogP contribution < -0.4 is 0 Å². The van der Waals surface area contributed by atoms with Crippen LogP contribution in [0.2, 0.25) is 5.02 Å². The number of benzene rings is 1. The molecule has 5 nitrogen and oxygen atoms in total. The number of hydrogen-bond acceptors (Lipinski definition) is 4. The number of carbonyl (C=O) groups is 1. The van der Waals surface area contributed by atoms with Gasteiger partial charge in [0.25, 0.3) is 0 Å². The van der Waals surface area contributed by atoms with Crippen LogP contribution in [0.15, 0.2) is 29.2 Å². The van der Waals surface area contributed by atoms with E-state index in [0.717, 1.165) is 4.31 Å². The Hall–Kier alpha value is -0.760. The quantitative estimate of drug-likeness (QED) is 0.920. The minimum absolute atomic E-state index is 0.0144. The molecule has 1 N–H and O–H groups in total. The molecule has 0 spiro atoms. The molecular formula is C11H12ClNO4S2. The topological polar surface area (TPSA) is 74.7 Å². The van der Waals surface area contributed by atoms with Gasteiger partial charge in [-0.25, -0.2) is 8.42 Å². The van der Waals surface area contributed by atoms with E-state index in [0.29, 0.717) is 5.02 Å². The van der Waals surface area contributed by atoms with Crippen LogP contribution in [-0.2, 0) is 14.8 Å². The smallest absolute Gasteiger partial charge is 0.322 e.